The van der Waals surface area contributed by atoms with Gasteiger partial charge in [0.25, 0.3) is 0 Å². The van der Waals surface area contributed by atoms with Gasteiger partial charge in [0, 0.05) is 23.7 Å². The Balaban J connectivity index is 1.67. The Kier molecular flexibility index (Phi) is 5.31. The summed E-state index contributed by atoms with van der Waals surface area (Å²) in [5.74, 6) is -1.77. The number of rotatable bonds is 6. The molecular formula is C20H20N2O4. The number of nitrogens with one attached hydrogen (secondary N) is 1. The van der Waals surface area contributed by atoms with Crippen LogP contribution in [-0.2, 0) is 20.8 Å². The van der Waals surface area contributed by atoms with E-state index >= 15 is 0 Å². The minimum absolute atomic E-state index is 0.0963. The molecule has 1 heterocycles. The number of fused-ring (bicyclic) bond motifs is 1. The highest BCUT2D eigenvalue weighted by Crippen LogP contribution is 2.28. The van der Waals surface area contributed by atoms with E-state index in [9.17, 15) is 14.4 Å². The van der Waals surface area contributed by atoms with Gasteiger partial charge in [-0.05, 0) is 36.6 Å². The number of carboxylic acid groups (broad SMARTS) is 1. The first-order valence-corrected chi connectivity index (χ1v) is 8.50. The van der Waals surface area contributed by atoms with Crippen molar-refractivity contribution >= 4 is 29.2 Å². The molecule has 1 aliphatic rings. The molecule has 0 saturated heterocycles. The predicted molar refractivity (Wildman–Crippen MR) is 97.9 cm³/mol. The molecule has 0 saturated carbocycles. The molecule has 134 valence electrons. The lowest BCUT2D eigenvalue weighted by atomic mass is 9.89. The van der Waals surface area contributed by atoms with Gasteiger partial charge in [-0.2, -0.15) is 0 Å². The molecule has 0 radical (unpaired) electrons. The monoisotopic (exact) mass is 352 g/mol. The molecule has 1 atom stereocenters. The van der Waals surface area contributed by atoms with E-state index in [-0.39, 0.29) is 24.2 Å². The molecule has 2 aromatic carbocycles. The minimum Gasteiger partial charge on any atom is -0.480 e. The van der Waals surface area contributed by atoms with Crippen molar-refractivity contribution in [3.63, 3.8) is 0 Å². The Hall–Kier alpha value is -3.15. The molecule has 2 aromatic rings. The molecule has 1 aliphatic heterocycles. The van der Waals surface area contributed by atoms with Crippen LogP contribution in [0.3, 0.4) is 0 Å². The number of benzene rings is 2. The van der Waals surface area contributed by atoms with E-state index in [1.165, 1.54) is 4.90 Å². The van der Waals surface area contributed by atoms with Crippen molar-refractivity contribution in [2.24, 2.45) is 5.92 Å². The SMILES string of the molecule is O=C(O)CN(C(=O)CCC1Cc2ccccc2NC1=O)c1ccccc1. The quantitative estimate of drug-likeness (QED) is 0.837. The number of carbonyl (C=O) groups excluding carboxylic acids is 2. The van der Waals surface area contributed by atoms with Gasteiger partial charge in [-0.3, -0.25) is 14.4 Å². The van der Waals surface area contributed by atoms with Crippen LogP contribution in [0.4, 0.5) is 11.4 Å². The third-order valence-electron chi connectivity index (χ3n) is 4.48. The van der Waals surface area contributed by atoms with E-state index in [1.54, 1.807) is 30.3 Å². The smallest absolute Gasteiger partial charge is 0.323 e. The van der Waals surface area contributed by atoms with Gasteiger partial charge in [-0.25, -0.2) is 0 Å². The highest BCUT2D eigenvalue weighted by Gasteiger charge is 2.27. The molecule has 2 amide bonds. The first-order chi connectivity index (χ1) is 12.5. The number of amides is 2. The molecule has 6 heteroatoms. The first-order valence-electron chi connectivity index (χ1n) is 8.50. The number of anilines is 2. The number of para-hydroxylation sites is 2. The lowest BCUT2D eigenvalue weighted by molar-refractivity contribution is -0.136. The summed E-state index contributed by atoms with van der Waals surface area (Å²) in [6.07, 6.45) is 1.07. The average molecular weight is 352 g/mol. The van der Waals surface area contributed by atoms with Gasteiger partial charge in [-0.1, -0.05) is 36.4 Å². The topological polar surface area (TPSA) is 86.7 Å². The van der Waals surface area contributed by atoms with E-state index in [1.807, 2.05) is 24.3 Å². The van der Waals surface area contributed by atoms with Gasteiger partial charge >= 0.3 is 5.97 Å². The molecule has 0 spiro atoms. The fourth-order valence-corrected chi connectivity index (χ4v) is 3.15. The van der Waals surface area contributed by atoms with Crippen LogP contribution in [0.5, 0.6) is 0 Å². The van der Waals surface area contributed by atoms with E-state index in [2.05, 4.69) is 5.32 Å². The van der Waals surface area contributed by atoms with Crippen LogP contribution in [0, 0.1) is 5.92 Å². The van der Waals surface area contributed by atoms with Gasteiger partial charge in [0.2, 0.25) is 11.8 Å². The highest BCUT2D eigenvalue weighted by molar-refractivity contribution is 5.99. The normalized spacial score (nSPS) is 15.7. The van der Waals surface area contributed by atoms with Crippen molar-refractivity contribution in [2.75, 3.05) is 16.8 Å². The van der Waals surface area contributed by atoms with Crippen LogP contribution in [0.15, 0.2) is 54.6 Å². The predicted octanol–water partition coefficient (Wildman–Crippen LogP) is 2.70. The van der Waals surface area contributed by atoms with Gasteiger partial charge in [0.05, 0.1) is 0 Å². The fourth-order valence-electron chi connectivity index (χ4n) is 3.15. The second kappa shape index (κ2) is 7.82. The molecule has 1 unspecified atom stereocenters. The summed E-state index contributed by atoms with van der Waals surface area (Å²) in [5.41, 5.74) is 2.41. The Bertz CT molecular complexity index is 820. The number of carboxylic acids is 1. The maximum absolute atomic E-state index is 12.6. The zero-order chi connectivity index (χ0) is 18.5. The lowest BCUT2D eigenvalue weighted by Gasteiger charge is -2.26. The maximum Gasteiger partial charge on any atom is 0.323 e. The Labute approximate surface area is 151 Å². The Morgan fingerprint density at radius 2 is 1.77 bits per heavy atom. The maximum atomic E-state index is 12.6. The summed E-state index contributed by atoms with van der Waals surface area (Å²) in [6, 6.07) is 16.3. The van der Waals surface area contributed by atoms with Crippen molar-refractivity contribution in [3.8, 4) is 0 Å². The van der Waals surface area contributed by atoms with E-state index in [0.29, 0.717) is 18.5 Å². The van der Waals surface area contributed by atoms with E-state index in [4.69, 9.17) is 5.11 Å². The van der Waals surface area contributed by atoms with Gasteiger partial charge in [0.1, 0.15) is 6.54 Å². The molecule has 2 N–H and O–H groups in total. The second-order valence-corrected chi connectivity index (χ2v) is 6.30. The molecule has 3 rings (SSSR count). The zero-order valence-corrected chi connectivity index (χ0v) is 14.2. The van der Waals surface area contributed by atoms with Crippen LogP contribution >= 0.6 is 0 Å². The first kappa shape index (κ1) is 17.7. The molecular weight excluding hydrogens is 332 g/mol. The molecule has 0 aliphatic carbocycles. The average Bonchev–Trinajstić information content (AvgIpc) is 2.64. The van der Waals surface area contributed by atoms with E-state index < -0.39 is 12.5 Å². The summed E-state index contributed by atoms with van der Waals surface area (Å²) in [6.45, 7) is -0.400. The van der Waals surface area contributed by atoms with Crippen LogP contribution in [-0.4, -0.2) is 29.4 Å². The van der Waals surface area contributed by atoms with E-state index in [0.717, 1.165) is 11.3 Å². The summed E-state index contributed by atoms with van der Waals surface area (Å²) in [7, 11) is 0. The van der Waals surface area contributed by atoms with Crippen molar-refractivity contribution < 1.29 is 19.5 Å². The van der Waals surface area contributed by atoms with Gasteiger partial charge < -0.3 is 15.3 Å². The summed E-state index contributed by atoms with van der Waals surface area (Å²) < 4.78 is 0. The third kappa shape index (κ3) is 4.08. The van der Waals surface area contributed by atoms with Gasteiger partial charge in [-0.15, -0.1) is 0 Å². The third-order valence-corrected chi connectivity index (χ3v) is 4.48. The molecule has 0 fully saturated rings. The van der Waals surface area contributed by atoms with Crippen LogP contribution in [0.2, 0.25) is 0 Å². The summed E-state index contributed by atoms with van der Waals surface area (Å²) in [5, 5.41) is 12.0. The number of hydrogen-bond acceptors (Lipinski definition) is 3. The lowest BCUT2D eigenvalue weighted by Crippen LogP contribution is -2.37. The van der Waals surface area contributed by atoms with Crippen molar-refractivity contribution in [2.45, 2.75) is 19.3 Å². The molecule has 0 aromatic heterocycles. The molecule has 26 heavy (non-hydrogen) atoms. The fraction of sp³-hybridized carbons (Fsp3) is 0.250. The molecule has 6 nitrogen and oxygen atoms in total. The van der Waals surface area contributed by atoms with Gasteiger partial charge in [0.15, 0.2) is 0 Å². The zero-order valence-electron chi connectivity index (χ0n) is 14.2. The second-order valence-electron chi connectivity index (χ2n) is 6.30. The minimum atomic E-state index is -1.08. The summed E-state index contributed by atoms with van der Waals surface area (Å²) >= 11 is 0. The van der Waals surface area contributed by atoms with Crippen LogP contribution in [0.1, 0.15) is 18.4 Å². The molecule has 0 bridgehead atoms. The number of aliphatic carboxylic acids is 1. The van der Waals surface area contributed by atoms with Crippen molar-refractivity contribution in [1.29, 1.82) is 0 Å². The number of hydrogen-bond donors (Lipinski definition) is 2. The largest absolute Gasteiger partial charge is 0.480 e. The number of carbonyl (C=O) groups is 3. The Morgan fingerprint density at radius 1 is 1.08 bits per heavy atom. The van der Waals surface area contributed by atoms with Crippen molar-refractivity contribution in [3.05, 3.63) is 60.2 Å². The standard InChI is InChI=1S/C20H20N2O4/c23-18(22(13-19(24)25)16-7-2-1-3-8-16)11-10-15-12-14-6-4-5-9-17(14)21-20(15)26/h1-9,15H,10-13H2,(H,21,26)(H,24,25). The summed E-state index contributed by atoms with van der Waals surface area (Å²) in [4.78, 5) is 37.2. The van der Waals surface area contributed by atoms with Crippen molar-refractivity contribution in [1.82, 2.24) is 0 Å². The highest BCUT2D eigenvalue weighted by atomic mass is 16.4. The van der Waals surface area contributed by atoms with Crippen LogP contribution in [0.25, 0.3) is 0 Å². The van der Waals surface area contributed by atoms with Crippen LogP contribution < -0.4 is 10.2 Å². The Morgan fingerprint density at radius 3 is 2.50 bits per heavy atom. The number of nitrogens with zero attached hydrogens (tertiary/aromatic N) is 1.